The number of nitrogens with one attached hydrogen (secondary N) is 2. The van der Waals surface area contributed by atoms with Crippen LogP contribution in [-0.4, -0.2) is 18.4 Å². The Morgan fingerprint density at radius 3 is 2.20 bits per heavy atom. The van der Waals surface area contributed by atoms with Gasteiger partial charge in [0, 0.05) is 23.4 Å². The molecule has 0 saturated carbocycles. The molecule has 0 saturated heterocycles. The van der Waals surface area contributed by atoms with Crippen molar-refractivity contribution in [3.05, 3.63) is 65.2 Å². The van der Waals surface area contributed by atoms with E-state index >= 15 is 0 Å². The molecular formula is C21H26N2O2. The van der Waals surface area contributed by atoms with Gasteiger partial charge in [0.05, 0.1) is 0 Å². The molecular weight excluding hydrogens is 312 g/mol. The van der Waals surface area contributed by atoms with E-state index in [1.165, 1.54) is 5.56 Å². The fourth-order valence-electron chi connectivity index (χ4n) is 2.40. The fourth-order valence-corrected chi connectivity index (χ4v) is 2.40. The first kappa shape index (κ1) is 18.7. The lowest BCUT2D eigenvalue weighted by molar-refractivity contribution is 0.0952. The lowest BCUT2D eigenvalue weighted by Crippen LogP contribution is -2.24. The van der Waals surface area contributed by atoms with Gasteiger partial charge in [-0.15, -0.1) is 0 Å². The minimum Gasteiger partial charge on any atom is -0.352 e. The van der Waals surface area contributed by atoms with Crippen LogP contribution in [0.5, 0.6) is 0 Å². The van der Waals surface area contributed by atoms with E-state index in [1.807, 2.05) is 31.2 Å². The van der Waals surface area contributed by atoms with Crippen LogP contribution >= 0.6 is 0 Å². The third-order valence-corrected chi connectivity index (χ3v) is 3.93. The zero-order chi connectivity index (χ0) is 18.4. The molecule has 2 aromatic carbocycles. The van der Waals surface area contributed by atoms with Gasteiger partial charge in [0.2, 0.25) is 0 Å². The molecule has 132 valence electrons. The summed E-state index contributed by atoms with van der Waals surface area (Å²) in [4.78, 5) is 24.4. The molecule has 2 rings (SSSR count). The Morgan fingerprint density at radius 2 is 1.60 bits per heavy atom. The van der Waals surface area contributed by atoms with Crippen molar-refractivity contribution < 1.29 is 9.59 Å². The zero-order valence-electron chi connectivity index (χ0n) is 15.3. The molecule has 2 amide bonds. The average molecular weight is 338 g/mol. The Morgan fingerprint density at radius 1 is 0.920 bits per heavy atom. The second kappa shape index (κ2) is 7.97. The van der Waals surface area contributed by atoms with Gasteiger partial charge >= 0.3 is 0 Å². The lowest BCUT2D eigenvalue weighted by Gasteiger charge is -2.19. The predicted molar refractivity (Wildman–Crippen MR) is 102 cm³/mol. The van der Waals surface area contributed by atoms with Crippen molar-refractivity contribution in [1.29, 1.82) is 0 Å². The lowest BCUT2D eigenvalue weighted by atomic mass is 9.87. The smallest absolute Gasteiger partial charge is 0.255 e. The first-order valence-corrected chi connectivity index (χ1v) is 8.61. The zero-order valence-corrected chi connectivity index (χ0v) is 15.3. The molecule has 0 aliphatic carbocycles. The fraction of sp³-hybridized carbons (Fsp3) is 0.333. The first-order valence-electron chi connectivity index (χ1n) is 8.61. The topological polar surface area (TPSA) is 58.2 Å². The van der Waals surface area contributed by atoms with Crippen LogP contribution in [0.4, 0.5) is 5.69 Å². The quantitative estimate of drug-likeness (QED) is 0.850. The van der Waals surface area contributed by atoms with Gasteiger partial charge in [-0.05, 0) is 47.7 Å². The summed E-state index contributed by atoms with van der Waals surface area (Å²) in [5.41, 5.74) is 2.96. The van der Waals surface area contributed by atoms with E-state index in [9.17, 15) is 9.59 Å². The summed E-state index contributed by atoms with van der Waals surface area (Å²) in [6.07, 6.45) is 0.882. The van der Waals surface area contributed by atoms with Gasteiger partial charge in [-0.1, -0.05) is 45.9 Å². The average Bonchev–Trinajstić information content (AvgIpc) is 2.59. The number of rotatable bonds is 5. The maximum Gasteiger partial charge on any atom is 0.255 e. The second-order valence-electron chi connectivity index (χ2n) is 7.12. The summed E-state index contributed by atoms with van der Waals surface area (Å²) in [5, 5.41) is 5.68. The van der Waals surface area contributed by atoms with Crippen molar-refractivity contribution in [2.45, 2.75) is 39.5 Å². The highest BCUT2D eigenvalue weighted by atomic mass is 16.2. The standard InChI is InChI=1S/C21H26N2O2/c1-5-13-22-19(24)16-7-6-8-18(14-16)23-20(25)15-9-11-17(12-10-15)21(2,3)4/h6-12,14H,5,13H2,1-4H3,(H,22,24)(H,23,25). The van der Waals surface area contributed by atoms with Crippen LogP contribution in [0, 0.1) is 0 Å². The van der Waals surface area contributed by atoms with Crippen LogP contribution in [0.15, 0.2) is 48.5 Å². The molecule has 4 nitrogen and oxygen atoms in total. The normalized spacial score (nSPS) is 11.0. The Kier molecular flexibility index (Phi) is 5.97. The van der Waals surface area contributed by atoms with Crippen molar-refractivity contribution in [3.8, 4) is 0 Å². The summed E-state index contributed by atoms with van der Waals surface area (Å²) < 4.78 is 0. The van der Waals surface area contributed by atoms with E-state index < -0.39 is 0 Å². The molecule has 0 spiro atoms. The molecule has 0 heterocycles. The number of anilines is 1. The highest BCUT2D eigenvalue weighted by molar-refractivity contribution is 6.05. The molecule has 0 aliphatic rings. The Balaban J connectivity index is 2.09. The van der Waals surface area contributed by atoms with Crippen molar-refractivity contribution in [2.24, 2.45) is 0 Å². The van der Waals surface area contributed by atoms with Crippen LogP contribution in [0.2, 0.25) is 0 Å². The third-order valence-electron chi connectivity index (χ3n) is 3.93. The number of amides is 2. The van der Waals surface area contributed by atoms with E-state index in [1.54, 1.807) is 24.3 Å². The largest absolute Gasteiger partial charge is 0.352 e. The summed E-state index contributed by atoms with van der Waals surface area (Å²) >= 11 is 0. The maximum atomic E-state index is 12.4. The Bertz CT molecular complexity index is 743. The summed E-state index contributed by atoms with van der Waals surface area (Å²) in [5.74, 6) is -0.320. The first-order chi connectivity index (χ1) is 11.8. The van der Waals surface area contributed by atoms with Gasteiger partial charge < -0.3 is 10.6 Å². The molecule has 0 aliphatic heterocycles. The van der Waals surface area contributed by atoms with Crippen LogP contribution in [0.25, 0.3) is 0 Å². The van der Waals surface area contributed by atoms with Crippen molar-refractivity contribution in [3.63, 3.8) is 0 Å². The summed E-state index contributed by atoms with van der Waals surface area (Å²) in [6, 6.07) is 14.6. The molecule has 2 N–H and O–H groups in total. The van der Waals surface area contributed by atoms with E-state index in [0.29, 0.717) is 23.4 Å². The Labute approximate surface area is 149 Å². The van der Waals surface area contributed by atoms with Crippen LogP contribution in [0.3, 0.4) is 0 Å². The molecule has 0 bridgehead atoms. The van der Waals surface area contributed by atoms with E-state index in [2.05, 4.69) is 31.4 Å². The number of hydrogen-bond acceptors (Lipinski definition) is 2. The van der Waals surface area contributed by atoms with Gasteiger partial charge in [-0.25, -0.2) is 0 Å². The van der Waals surface area contributed by atoms with Gasteiger partial charge in [-0.2, -0.15) is 0 Å². The van der Waals surface area contributed by atoms with Gasteiger partial charge in [-0.3, -0.25) is 9.59 Å². The highest BCUT2D eigenvalue weighted by Gasteiger charge is 2.14. The molecule has 0 radical (unpaired) electrons. The van der Waals surface area contributed by atoms with Crippen molar-refractivity contribution >= 4 is 17.5 Å². The number of benzene rings is 2. The summed E-state index contributed by atoms with van der Waals surface area (Å²) in [6.45, 7) is 9.04. The van der Waals surface area contributed by atoms with Crippen molar-refractivity contribution in [1.82, 2.24) is 5.32 Å². The van der Waals surface area contributed by atoms with Crippen LogP contribution in [-0.2, 0) is 5.41 Å². The van der Waals surface area contributed by atoms with E-state index in [0.717, 1.165) is 6.42 Å². The molecule has 2 aromatic rings. The minimum absolute atomic E-state index is 0.0508. The third kappa shape index (κ3) is 5.18. The Hall–Kier alpha value is -2.62. The molecule has 0 aromatic heterocycles. The van der Waals surface area contributed by atoms with Gasteiger partial charge in [0.15, 0.2) is 0 Å². The number of hydrogen-bond donors (Lipinski definition) is 2. The van der Waals surface area contributed by atoms with Crippen molar-refractivity contribution in [2.75, 3.05) is 11.9 Å². The molecule has 25 heavy (non-hydrogen) atoms. The number of carbonyl (C=O) groups excluding carboxylic acids is 2. The van der Waals surface area contributed by atoms with E-state index in [4.69, 9.17) is 0 Å². The molecule has 4 heteroatoms. The van der Waals surface area contributed by atoms with Crippen LogP contribution in [0.1, 0.15) is 60.4 Å². The molecule has 0 atom stereocenters. The SMILES string of the molecule is CCCNC(=O)c1cccc(NC(=O)c2ccc(C(C)(C)C)cc2)c1. The molecule has 0 fully saturated rings. The van der Waals surface area contributed by atoms with E-state index in [-0.39, 0.29) is 17.2 Å². The summed E-state index contributed by atoms with van der Waals surface area (Å²) in [7, 11) is 0. The van der Waals surface area contributed by atoms with Gasteiger partial charge in [0.1, 0.15) is 0 Å². The van der Waals surface area contributed by atoms with Gasteiger partial charge in [0.25, 0.3) is 11.8 Å². The second-order valence-corrected chi connectivity index (χ2v) is 7.12. The van der Waals surface area contributed by atoms with Crippen LogP contribution < -0.4 is 10.6 Å². The number of carbonyl (C=O) groups is 2. The monoisotopic (exact) mass is 338 g/mol. The molecule has 0 unspecified atom stereocenters. The predicted octanol–water partition coefficient (Wildman–Crippen LogP) is 4.38. The highest BCUT2D eigenvalue weighted by Crippen LogP contribution is 2.22. The maximum absolute atomic E-state index is 12.4. The minimum atomic E-state index is -0.188.